The quantitative estimate of drug-likeness (QED) is 0.840. The van der Waals surface area contributed by atoms with Crippen molar-refractivity contribution in [1.82, 2.24) is 14.8 Å². The van der Waals surface area contributed by atoms with E-state index in [-0.39, 0.29) is 18.6 Å². The van der Waals surface area contributed by atoms with Gasteiger partial charge in [0.1, 0.15) is 4.60 Å². The maximum atomic E-state index is 12.4. The molecule has 1 amide bonds. The molecule has 0 spiro atoms. The molecule has 0 aliphatic carbocycles. The van der Waals surface area contributed by atoms with E-state index in [1.54, 1.807) is 18.3 Å². The smallest absolute Gasteiger partial charge is 0.256 e. The first-order valence-electron chi connectivity index (χ1n) is 6.92. The Balaban J connectivity index is 1.97. The fourth-order valence-electron chi connectivity index (χ4n) is 2.51. The molecule has 6 heteroatoms. The van der Waals surface area contributed by atoms with Crippen molar-refractivity contribution in [3.63, 3.8) is 0 Å². The van der Waals surface area contributed by atoms with Gasteiger partial charge in [-0.3, -0.25) is 9.69 Å². The molecule has 2 rings (SSSR count). The van der Waals surface area contributed by atoms with Gasteiger partial charge in [0.2, 0.25) is 0 Å². The van der Waals surface area contributed by atoms with Gasteiger partial charge in [-0.05, 0) is 34.5 Å². The van der Waals surface area contributed by atoms with Gasteiger partial charge in [-0.1, -0.05) is 6.92 Å². The molecule has 1 atom stereocenters. The summed E-state index contributed by atoms with van der Waals surface area (Å²) >= 11 is 3.32. The highest BCUT2D eigenvalue weighted by atomic mass is 79.9. The number of hydrogen-bond donors (Lipinski definition) is 1. The van der Waals surface area contributed by atoms with Crippen LogP contribution in [0, 0.1) is 0 Å². The zero-order valence-electron chi connectivity index (χ0n) is 11.6. The normalized spacial score (nSPS) is 18.1. The molecule has 1 fully saturated rings. The summed E-state index contributed by atoms with van der Waals surface area (Å²) in [5, 5.41) is 9.33. The number of piperazine rings is 1. The molecule has 0 radical (unpaired) electrons. The van der Waals surface area contributed by atoms with Crippen molar-refractivity contribution in [3.05, 3.63) is 28.5 Å². The Morgan fingerprint density at radius 1 is 1.45 bits per heavy atom. The number of amides is 1. The predicted octanol–water partition coefficient (Wildman–Crippen LogP) is 1.37. The van der Waals surface area contributed by atoms with E-state index >= 15 is 0 Å². The Kier molecular flexibility index (Phi) is 5.51. The SMILES string of the molecule is CCC(CO)N1CCN(C(=O)c2cccnc2Br)CC1. The standard InChI is InChI=1S/C14H20BrN3O2/c1-2-11(10-19)17-6-8-18(9-7-17)14(20)12-4-3-5-16-13(12)15/h3-5,11,19H,2,6-10H2,1H3. The van der Waals surface area contributed by atoms with Gasteiger partial charge in [0, 0.05) is 38.4 Å². The molecule has 5 nitrogen and oxygen atoms in total. The van der Waals surface area contributed by atoms with E-state index in [0.29, 0.717) is 23.3 Å². The van der Waals surface area contributed by atoms with Crippen molar-refractivity contribution in [2.45, 2.75) is 19.4 Å². The minimum absolute atomic E-state index is 0.0154. The Hall–Kier alpha value is -0.980. The van der Waals surface area contributed by atoms with Crippen LogP contribution < -0.4 is 0 Å². The zero-order valence-corrected chi connectivity index (χ0v) is 13.2. The lowest BCUT2D eigenvalue weighted by Crippen LogP contribution is -2.52. The van der Waals surface area contributed by atoms with E-state index in [0.717, 1.165) is 19.5 Å². The fraction of sp³-hybridized carbons (Fsp3) is 0.571. The lowest BCUT2D eigenvalue weighted by Gasteiger charge is -2.38. The maximum absolute atomic E-state index is 12.4. The van der Waals surface area contributed by atoms with E-state index in [2.05, 4.69) is 32.7 Å². The van der Waals surface area contributed by atoms with Crippen molar-refractivity contribution >= 4 is 21.8 Å². The van der Waals surface area contributed by atoms with Crippen LogP contribution in [0.25, 0.3) is 0 Å². The Bertz CT molecular complexity index is 457. The number of nitrogens with zero attached hydrogens (tertiary/aromatic N) is 3. The topological polar surface area (TPSA) is 56.7 Å². The summed E-state index contributed by atoms with van der Waals surface area (Å²) in [4.78, 5) is 20.6. The van der Waals surface area contributed by atoms with Crippen molar-refractivity contribution in [2.24, 2.45) is 0 Å². The number of carbonyl (C=O) groups excluding carboxylic acids is 1. The first-order valence-corrected chi connectivity index (χ1v) is 7.71. The summed E-state index contributed by atoms with van der Waals surface area (Å²) in [6.45, 7) is 5.25. The molecule has 1 N–H and O–H groups in total. The molecule has 1 aromatic heterocycles. The van der Waals surface area contributed by atoms with E-state index in [4.69, 9.17) is 0 Å². The number of rotatable bonds is 4. The van der Waals surface area contributed by atoms with E-state index in [9.17, 15) is 9.90 Å². The first-order chi connectivity index (χ1) is 9.67. The average Bonchev–Trinajstić information content (AvgIpc) is 2.49. The second-order valence-corrected chi connectivity index (χ2v) is 5.67. The molecule has 0 aromatic carbocycles. The van der Waals surface area contributed by atoms with Gasteiger partial charge >= 0.3 is 0 Å². The third-order valence-corrected chi connectivity index (χ3v) is 4.42. The van der Waals surface area contributed by atoms with Crippen LogP contribution in [-0.4, -0.2) is 64.6 Å². The lowest BCUT2D eigenvalue weighted by atomic mass is 10.1. The lowest BCUT2D eigenvalue weighted by molar-refractivity contribution is 0.0471. The van der Waals surface area contributed by atoms with Gasteiger partial charge in [-0.2, -0.15) is 0 Å². The molecular formula is C14H20BrN3O2. The number of pyridine rings is 1. The van der Waals surface area contributed by atoms with Crippen LogP contribution in [0.2, 0.25) is 0 Å². The number of aliphatic hydroxyl groups is 1. The molecule has 0 bridgehead atoms. The first kappa shape index (κ1) is 15.4. The second-order valence-electron chi connectivity index (χ2n) is 4.91. The highest BCUT2D eigenvalue weighted by Gasteiger charge is 2.26. The highest BCUT2D eigenvalue weighted by molar-refractivity contribution is 9.10. The highest BCUT2D eigenvalue weighted by Crippen LogP contribution is 2.17. The summed E-state index contributed by atoms with van der Waals surface area (Å²) in [6.07, 6.45) is 2.59. The van der Waals surface area contributed by atoms with Crippen LogP contribution in [0.1, 0.15) is 23.7 Å². The molecule has 20 heavy (non-hydrogen) atoms. The predicted molar refractivity (Wildman–Crippen MR) is 80.6 cm³/mol. The van der Waals surface area contributed by atoms with Gasteiger partial charge in [-0.15, -0.1) is 0 Å². The summed E-state index contributed by atoms with van der Waals surface area (Å²) in [5.41, 5.74) is 0.607. The van der Waals surface area contributed by atoms with Crippen LogP contribution in [0.4, 0.5) is 0 Å². The maximum Gasteiger partial charge on any atom is 0.256 e. The third kappa shape index (κ3) is 3.37. The van der Waals surface area contributed by atoms with Crippen molar-refractivity contribution in [1.29, 1.82) is 0 Å². The Labute approximate surface area is 127 Å². The van der Waals surface area contributed by atoms with E-state index in [1.165, 1.54) is 0 Å². The molecule has 1 saturated heterocycles. The molecular weight excluding hydrogens is 322 g/mol. The molecule has 1 aliphatic heterocycles. The third-order valence-electron chi connectivity index (χ3n) is 3.79. The van der Waals surface area contributed by atoms with Crippen molar-refractivity contribution in [3.8, 4) is 0 Å². The molecule has 1 unspecified atom stereocenters. The minimum Gasteiger partial charge on any atom is -0.395 e. The van der Waals surface area contributed by atoms with Crippen molar-refractivity contribution < 1.29 is 9.90 Å². The van der Waals surface area contributed by atoms with Gasteiger partial charge in [-0.25, -0.2) is 4.98 Å². The van der Waals surface area contributed by atoms with Gasteiger partial charge < -0.3 is 10.0 Å². The zero-order chi connectivity index (χ0) is 14.5. The van der Waals surface area contributed by atoms with Gasteiger partial charge in [0.15, 0.2) is 0 Å². The summed E-state index contributed by atoms with van der Waals surface area (Å²) in [7, 11) is 0. The number of halogens is 1. The van der Waals surface area contributed by atoms with E-state index in [1.807, 2.05) is 4.90 Å². The van der Waals surface area contributed by atoms with Gasteiger partial charge in [0.25, 0.3) is 5.91 Å². The van der Waals surface area contributed by atoms with E-state index < -0.39 is 0 Å². The summed E-state index contributed by atoms with van der Waals surface area (Å²) < 4.78 is 0.592. The molecule has 1 aliphatic rings. The average molecular weight is 342 g/mol. The van der Waals surface area contributed by atoms with Crippen LogP contribution in [-0.2, 0) is 0 Å². The van der Waals surface area contributed by atoms with Crippen LogP contribution in [0.15, 0.2) is 22.9 Å². The van der Waals surface area contributed by atoms with Crippen LogP contribution in [0.3, 0.4) is 0 Å². The second kappa shape index (κ2) is 7.15. The minimum atomic E-state index is 0.0154. The summed E-state index contributed by atoms with van der Waals surface area (Å²) in [5.74, 6) is 0.0154. The number of aliphatic hydroxyl groups excluding tert-OH is 1. The number of hydrogen-bond acceptors (Lipinski definition) is 4. The molecule has 1 aromatic rings. The molecule has 110 valence electrons. The number of carbonyl (C=O) groups is 1. The number of aromatic nitrogens is 1. The largest absolute Gasteiger partial charge is 0.395 e. The Morgan fingerprint density at radius 3 is 2.70 bits per heavy atom. The Morgan fingerprint density at radius 2 is 2.15 bits per heavy atom. The van der Waals surface area contributed by atoms with Gasteiger partial charge in [0.05, 0.1) is 12.2 Å². The molecule has 0 saturated carbocycles. The van der Waals surface area contributed by atoms with Crippen LogP contribution >= 0.6 is 15.9 Å². The summed E-state index contributed by atoms with van der Waals surface area (Å²) in [6, 6.07) is 3.76. The molecule has 2 heterocycles. The van der Waals surface area contributed by atoms with Crippen molar-refractivity contribution in [2.75, 3.05) is 32.8 Å². The fourth-order valence-corrected chi connectivity index (χ4v) is 2.93. The van der Waals surface area contributed by atoms with Crippen LogP contribution in [0.5, 0.6) is 0 Å². The monoisotopic (exact) mass is 341 g/mol.